The highest BCUT2D eigenvalue weighted by Crippen LogP contribution is 2.38. The molecule has 2 aliphatic rings. The fraction of sp³-hybridized carbons (Fsp3) is 0.600. The van der Waals surface area contributed by atoms with Crippen LogP contribution in [0.4, 0.5) is 19.0 Å². The van der Waals surface area contributed by atoms with E-state index in [9.17, 15) is 23.1 Å². The Hall–Kier alpha value is -1.83. The zero-order valence-electron chi connectivity index (χ0n) is 12.4. The van der Waals surface area contributed by atoms with Gasteiger partial charge in [-0.15, -0.1) is 0 Å². The van der Waals surface area contributed by atoms with Crippen molar-refractivity contribution in [3.8, 4) is 0 Å². The molecule has 2 N–H and O–H groups in total. The molecule has 0 bridgehead atoms. The lowest BCUT2D eigenvalue weighted by atomic mass is 9.71. The van der Waals surface area contributed by atoms with Crippen molar-refractivity contribution in [1.82, 2.24) is 10.3 Å². The van der Waals surface area contributed by atoms with Gasteiger partial charge in [-0.05, 0) is 31.4 Å². The van der Waals surface area contributed by atoms with Crippen LogP contribution in [0.5, 0.6) is 0 Å². The van der Waals surface area contributed by atoms with E-state index in [-0.39, 0.29) is 12.5 Å². The lowest BCUT2D eigenvalue weighted by molar-refractivity contribution is -0.142. The molecule has 1 spiro atoms. The number of halogens is 3. The van der Waals surface area contributed by atoms with Gasteiger partial charge in [-0.2, -0.15) is 13.2 Å². The molecule has 0 radical (unpaired) electrons. The molecule has 0 saturated carbocycles. The Morgan fingerprint density at radius 1 is 1.39 bits per heavy atom. The number of aromatic nitrogens is 1. The first-order valence-corrected chi connectivity index (χ1v) is 7.57. The number of anilines is 1. The smallest absolute Gasteiger partial charge is 0.392 e. The molecule has 0 aliphatic carbocycles. The Morgan fingerprint density at radius 2 is 2.17 bits per heavy atom. The summed E-state index contributed by atoms with van der Waals surface area (Å²) in [5.41, 5.74) is -1.70. The van der Waals surface area contributed by atoms with E-state index in [0.29, 0.717) is 31.7 Å². The average molecular weight is 329 g/mol. The molecule has 126 valence electrons. The van der Waals surface area contributed by atoms with Crippen LogP contribution in [0.3, 0.4) is 0 Å². The summed E-state index contributed by atoms with van der Waals surface area (Å²) >= 11 is 0. The van der Waals surface area contributed by atoms with Gasteiger partial charge in [0.1, 0.15) is 5.82 Å². The summed E-state index contributed by atoms with van der Waals surface area (Å²) in [6, 6.07) is 2.30. The first-order valence-electron chi connectivity index (χ1n) is 7.57. The molecule has 1 aromatic rings. The van der Waals surface area contributed by atoms with Crippen molar-refractivity contribution in [3.05, 3.63) is 23.9 Å². The molecule has 5 nitrogen and oxygen atoms in total. The number of hydrogen-bond acceptors (Lipinski definition) is 4. The Balaban J connectivity index is 1.82. The number of nitrogens with one attached hydrogen (secondary N) is 1. The third-order valence-corrected chi connectivity index (χ3v) is 4.72. The fourth-order valence-corrected chi connectivity index (χ4v) is 3.38. The van der Waals surface area contributed by atoms with Crippen molar-refractivity contribution in [2.24, 2.45) is 5.41 Å². The highest BCUT2D eigenvalue weighted by atomic mass is 19.4. The summed E-state index contributed by atoms with van der Waals surface area (Å²) < 4.78 is 37.8. The van der Waals surface area contributed by atoms with Crippen LogP contribution in [-0.4, -0.2) is 41.7 Å². The van der Waals surface area contributed by atoms with Crippen molar-refractivity contribution in [3.63, 3.8) is 0 Å². The van der Waals surface area contributed by atoms with Crippen molar-refractivity contribution in [2.75, 3.05) is 24.5 Å². The maximum absolute atomic E-state index is 12.6. The highest BCUT2D eigenvalue weighted by molar-refractivity contribution is 5.85. The maximum atomic E-state index is 12.6. The van der Waals surface area contributed by atoms with Gasteiger partial charge in [0.15, 0.2) is 0 Å². The lowest BCUT2D eigenvalue weighted by Crippen LogP contribution is -2.61. The maximum Gasteiger partial charge on any atom is 0.417 e. The van der Waals surface area contributed by atoms with Crippen LogP contribution in [0.15, 0.2) is 18.3 Å². The van der Waals surface area contributed by atoms with Crippen LogP contribution < -0.4 is 10.2 Å². The van der Waals surface area contributed by atoms with Crippen molar-refractivity contribution in [2.45, 2.75) is 31.5 Å². The second-order valence-electron chi connectivity index (χ2n) is 6.14. The summed E-state index contributed by atoms with van der Waals surface area (Å²) in [5.74, 6) is 0.204. The van der Waals surface area contributed by atoms with E-state index in [0.717, 1.165) is 18.7 Å². The molecule has 2 saturated heterocycles. The predicted octanol–water partition coefficient (Wildman–Crippen LogP) is 1.57. The molecule has 3 rings (SSSR count). The number of piperidine rings is 2. The van der Waals surface area contributed by atoms with Gasteiger partial charge in [0.25, 0.3) is 0 Å². The molecule has 2 fully saturated rings. The number of hydrogen-bond donors (Lipinski definition) is 2. The third kappa shape index (κ3) is 2.87. The summed E-state index contributed by atoms with van der Waals surface area (Å²) in [6.07, 6.45) is -2.64. The number of carbonyl (C=O) groups excluding carboxylic acids is 1. The van der Waals surface area contributed by atoms with Crippen LogP contribution in [0.1, 0.15) is 24.8 Å². The van der Waals surface area contributed by atoms with E-state index < -0.39 is 23.3 Å². The van der Waals surface area contributed by atoms with Crippen molar-refractivity contribution in [1.29, 1.82) is 0 Å². The SMILES string of the molecule is O=C1NCCC[C@]12CN(c1ccc(C(F)(F)F)cn1)CC[C@@H]2O. The minimum Gasteiger partial charge on any atom is -0.392 e. The van der Waals surface area contributed by atoms with E-state index in [2.05, 4.69) is 10.3 Å². The second kappa shape index (κ2) is 5.67. The molecule has 1 amide bonds. The minimum atomic E-state index is -4.42. The van der Waals surface area contributed by atoms with E-state index in [1.807, 2.05) is 0 Å². The predicted molar refractivity (Wildman–Crippen MR) is 76.8 cm³/mol. The number of aliphatic hydroxyl groups is 1. The topological polar surface area (TPSA) is 65.5 Å². The summed E-state index contributed by atoms with van der Waals surface area (Å²) in [4.78, 5) is 17.9. The zero-order valence-corrected chi connectivity index (χ0v) is 12.4. The molecule has 3 heterocycles. The zero-order chi connectivity index (χ0) is 16.7. The van der Waals surface area contributed by atoms with Gasteiger partial charge in [0, 0.05) is 25.8 Å². The number of rotatable bonds is 1. The molecule has 2 aliphatic heterocycles. The normalized spacial score (nSPS) is 28.8. The first-order chi connectivity index (χ1) is 10.8. The van der Waals surface area contributed by atoms with Crippen LogP contribution in [0, 0.1) is 5.41 Å². The van der Waals surface area contributed by atoms with E-state index in [1.165, 1.54) is 6.07 Å². The number of nitrogens with zero attached hydrogens (tertiary/aromatic N) is 2. The first kappa shape index (κ1) is 16.0. The summed E-state index contributed by atoms with van der Waals surface area (Å²) in [5, 5.41) is 13.1. The van der Waals surface area contributed by atoms with Gasteiger partial charge in [0.2, 0.25) is 5.91 Å². The second-order valence-corrected chi connectivity index (χ2v) is 6.14. The van der Waals surface area contributed by atoms with Gasteiger partial charge < -0.3 is 15.3 Å². The Bertz CT molecular complexity index is 591. The van der Waals surface area contributed by atoms with Crippen LogP contribution in [0.25, 0.3) is 0 Å². The van der Waals surface area contributed by atoms with Crippen molar-refractivity contribution >= 4 is 11.7 Å². The lowest BCUT2D eigenvalue weighted by Gasteiger charge is -2.47. The monoisotopic (exact) mass is 329 g/mol. The summed E-state index contributed by atoms with van der Waals surface area (Å²) in [6.45, 7) is 1.30. The third-order valence-electron chi connectivity index (χ3n) is 4.72. The van der Waals surface area contributed by atoms with E-state index in [4.69, 9.17) is 0 Å². The molecule has 1 aromatic heterocycles. The largest absolute Gasteiger partial charge is 0.417 e. The average Bonchev–Trinajstić information content (AvgIpc) is 2.52. The van der Waals surface area contributed by atoms with Gasteiger partial charge in [-0.25, -0.2) is 4.98 Å². The van der Waals surface area contributed by atoms with Gasteiger partial charge in [-0.1, -0.05) is 0 Å². The molecule has 8 heteroatoms. The van der Waals surface area contributed by atoms with Gasteiger partial charge in [0.05, 0.1) is 17.1 Å². The Kier molecular flexibility index (Phi) is 3.95. The molecule has 0 unspecified atom stereocenters. The van der Waals surface area contributed by atoms with E-state index in [1.54, 1.807) is 4.90 Å². The molecular weight excluding hydrogens is 311 g/mol. The number of amides is 1. The number of carbonyl (C=O) groups is 1. The minimum absolute atomic E-state index is 0.187. The number of pyridine rings is 1. The van der Waals surface area contributed by atoms with Crippen LogP contribution in [-0.2, 0) is 11.0 Å². The summed E-state index contributed by atoms with van der Waals surface area (Å²) in [7, 11) is 0. The quantitative estimate of drug-likeness (QED) is 0.821. The van der Waals surface area contributed by atoms with Crippen LogP contribution >= 0.6 is 0 Å². The van der Waals surface area contributed by atoms with Crippen molar-refractivity contribution < 1.29 is 23.1 Å². The standard InChI is InChI=1S/C15H18F3N3O2/c16-15(17,18)10-2-3-12(20-8-10)21-7-4-11(22)14(9-21)5-1-6-19-13(14)23/h2-3,8,11,22H,1,4-7,9H2,(H,19,23)/t11-,14+/m0/s1. The number of alkyl halides is 3. The van der Waals surface area contributed by atoms with E-state index >= 15 is 0 Å². The molecule has 23 heavy (non-hydrogen) atoms. The molecular formula is C15H18F3N3O2. The highest BCUT2D eigenvalue weighted by Gasteiger charge is 2.50. The fourth-order valence-electron chi connectivity index (χ4n) is 3.38. The number of aliphatic hydroxyl groups excluding tert-OH is 1. The Morgan fingerprint density at radius 3 is 2.78 bits per heavy atom. The van der Waals surface area contributed by atoms with Gasteiger partial charge in [-0.3, -0.25) is 4.79 Å². The van der Waals surface area contributed by atoms with Crippen LogP contribution in [0.2, 0.25) is 0 Å². The molecule has 0 aromatic carbocycles. The molecule has 2 atom stereocenters. The van der Waals surface area contributed by atoms with Gasteiger partial charge >= 0.3 is 6.18 Å². The Labute approximate surface area is 131 Å².